The number of benzene rings is 2. The van der Waals surface area contributed by atoms with Crippen LogP contribution in [0.25, 0.3) is 0 Å². The second-order valence-electron chi connectivity index (χ2n) is 4.92. The summed E-state index contributed by atoms with van der Waals surface area (Å²) in [5.74, 6) is -0.873. The topological polar surface area (TPSA) is 87.3 Å². The van der Waals surface area contributed by atoms with Gasteiger partial charge in [0.15, 0.2) is 0 Å². The Hall–Kier alpha value is -2.51. The summed E-state index contributed by atoms with van der Waals surface area (Å²) in [4.78, 5) is 35.2. The number of rotatable bonds is 6. The number of para-hydroxylation sites is 1. The van der Waals surface area contributed by atoms with Crippen LogP contribution in [0.1, 0.15) is 10.4 Å². The molecule has 0 heterocycles. The van der Waals surface area contributed by atoms with Crippen molar-refractivity contribution in [2.24, 2.45) is 0 Å². The standard InChI is InChI=1S/C17H16ClN3O3S/c18-13-8-6-12(7-9-13)17(24)21-20-16(23)11-25-10-15(22)19-14-4-2-1-3-5-14/h1-9H,10-11H2,(H,19,22)(H,20,23)(H,21,24). The van der Waals surface area contributed by atoms with Crippen molar-refractivity contribution in [3.8, 4) is 0 Å². The number of amides is 3. The number of carbonyl (C=O) groups excluding carboxylic acids is 3. The van der Waals surface area contributed by atoms with E-state index in [4.69, 9.17) is 11.6 Å². The van der Waals surface area contributed by atoms with E-state index in [1.54, 1.807) is 36.4 Å². The van der Waals surface area contributed by atoms with Gasteiger partial charge >= 0.3 is 0 Å². The molecule has 0 aliphatic heterocycles. The summed E-state index contributed by atoms with van der Waals surface area (Å²) in [5.41, 5.74) is 5.67. The molecule has 25 heavy (non-hydrogen) atoms. The zero-order valence-electron chi connectivity index (χ0n) is 13.1. The zero-order chi connectivity index (χ0) is 18.1. The summed E-state index contributed by atoms with van der Waals surface area (Å²) in [6.07, 6.45) is 0. The van der Waals surface area contributed by atoms with Gasteiger partial charge in [0, 0.05) is 16.3 Å². The maximum atomic E-state index is 11.8. The molecule has 2 aromatic rings. The Bertz CT molecular complexity index is 739. The Kier molecular flexibility index (Phi) is 7.31. The molecule has 0 bridgehead atoms. The predicted molar refractivity (Wildman–Crippen MR) is 99.5 cm³/mol. The highest BCUT2D eigenvalue weighted by atomic mass is 35.5. The Morgan fingerprint density at radius 2 is 1.48 bits per heavy atom. The molecule has 0 saturated carbocycles. The Labute approximate surface area is 154 Å². The molecule has 6 nitrogen and oxygen atoms in total. The molecule has 0 atom stereocenters. The summed E-state index contributed by atoms with van der Waals surface area (Å²) in [7, 11) is 0. The van der Waals surface area contributed by atoms with E-state index in [-0.39, 0.29) is 17.4 Å². The van der Waals surface area contributed by atoms with Crippen molar-refractivity contribution in [3.05, 3.63) is 65.2 Å². The highest BCUT2D eigenvalue weighted by Gasteiger charge is 2.09. The number of hydrogen-bond acceptors (Lipinski definition) is 4. The van der Waals surface area contributed by atoms with Gasteiger partial charge in [-0.3, -0.25) is 25.2 Å². The third-order valence-electron chi connectivity index (χ3n) is 2.95. The van der Waals surface area contributed by atoms with E-state index in [1.807, 2.05) is 18.2 Å². The molecular formula is C17H16ClN3O3S. The molecular weight excluding hydrogens is 362 g/mol. The monoisotopic (exact) mass is 377 g/mol. The summed E-state index contributed by atoms with van der Waals surface area (Å²) in [6, 6.07) is 15.3. The molecule has 2 aromatic carbocycles. The third kappa shape index (κ3) is 6.86. The lowest BCUT2D eigenvalue weighted by Crippen LogP contribution is -2.42. The normalized spacial score (nSPS) is 9.96. The molecule has 0 aliphatic rings. The van der Waals surface area contributed by atoms with Gasteiger partial charge in [0.2, 0.25) is 11.8 Å². The fraction of sp³-hybridized carbons (Fsp3) is 0.118. The summed E-state index contributed by atoms with van der Waals surface area (Å²) in [6.45, 7) is 0. The van der Waals surface area contributed by atoms with Crippen LogP contribution in [0.2, 0.25) is 5.02 Å². The second-order valence-corrected chi connectivity index (χ2v) is 6.34. The van der Waals surface area contributed by atoms with E-state index in [0.717, 1.165) is 11.8 Å². The van der Waals surface area contributed by atoms with Gasteiger partial charge in [-0.25, -0.2) is 0 Å². The Morgan fingerprint density at radius 1 is 0.840 bits per heavy atom. The van der Waals surface area contributed by atoms with Crippen LogP contribution in [0.3, 0.4) is 0 Å². The van der Waals surface area contributed by atoms with Crippen molar-refractivity contribution >= 4 is 46.8 Å². The van der Waals surface area contributed by atoms with Gasteiger partial charge in [-0.05, 0) is 36.4 Å². The fourth-order valence-corrected chi connectivity index (χ4v) is 2.53. The molecule has 3 amide bonds. The first kappa shape index (κ1) is 18.8. The van der Waals surface area contributed by atoms with Crippen LogP contribution in [0.5, 0.6) is 0 Å². The SMILES string of the molecule is O=C(CSCC(=O)Nc1ccccc1)NNC(=O)c1ccc(Cl)cc1. The minimum Gasteiger partial charge on any atom is -0.325 e. The summed E-state index contributed by atoms with van der Waals surface area (Å²) >= 11 is 6.89. The first-order chi connectivity index (χ1) is 12.0. The van der Waals surface area contributed by atoms with Gasteiger partial charge in [0.25, 0.3) is 5.91 Å². The third-order valence-corrected chi connectivity index (χ3v) is 4.13. The van der Waals surface area contributed by atoms with Crippen LogP contribution in [0.4, 0.5) is 5.69 Å². The second kappa shape index (κ2) is 9.71. The molecule has 0 aliphatic carbocycles. The van der Waals surface area contributed by atoms with Gasteiger partial charge in [0.1, 0.15) is 0 Å². The van der Waals surface area contributed by atoms with Gasteiger partial charge in [-0.1, -0.05) is 29.8 Å². The van der Waals surface area contributed by atoms with Crippen LogP contribution < -0.4 is 16.2 Å². The molecule has 0 spiro atoms. The summed E-state index contributed by atoms with van der Waals surface area (Å²) < 4.78 is 0. The van der Waals surface area contributed by atoms with Crippen LogP contribution in [-0.2, 0) is 9.59 Å². The minimum atomic E-state index is -0.447. The van der Waals surface area contributed by atoms with Crippen LogP contribution in [0.15, 0.2) is 54.6 Å². The molecule has 0 fully saturated rings. The van der Waals surface area contributed by atoms with Gasteiger partial charge in [-0.15, -0.1) is 11.8 Å². The molecule has 3 N–H and O–H groups in total. The van der Waals surface area contributed by atoms with Crippen molar-refractivity contribution in [3.63, 3.8) is 0 Å². The first-order valence-corrected chi connectivity index (χ1v) is 8.85. The number of thioether (sulfide) groups is 1. The van der Waals surface area contributed by atoms with Gasteiger partial charge < -0.3 is 5.32 Å². The number of hydrazine groups is 1. The van der Waals surface area contributed by atoms with Crippen molar-refractivity contribution < 1.29 is 14.4 Å². The Morgan fingerprint density at radius 3 is 2.16 bits per heavy atom. The number of hydrogen-bond donors (Lipinski definition) is 3. The van der Waals surface area contributed by atoms with E-state index in [1.165, 1.54) is 0 Å². The quantitative estimate of drug-likeness (QED) is 0.675. The predicted octanol–water partition coefficient (Wildman–Crippen LogP) is 2.47. The number of nitrogens with one attached hydrogen (secondary N) is 3. The average molecular weight is 378 g/mol. The lowest BCUT2D eigenvalue weighted by Gasteiger charge is -2.08. The molecule has 0 saturated heterocycles. The highest BCUT2D eigenvalue weighted by molar-refractivity contribution is 8.00. The number of anilines is 1. The van der Waals surface area contributed by atoms with E-state index < -0.39 is 11.8 Å². The lowest BCUT2D eigenvalue weighted by atomic mass is 10.2. The lowest BCUT2D eigenvalue weighted by molar-refractivity contribution is -0.119. The number of carbonyl (C=O) groups is 3. The Balaban J connectivity index is 1.64. The zero-order valence-corrected chi connectivity index (χ0v) is 14.7. The largest absolute Gasteiger partial charge is 0.325 e. The molecule has 0 aromatic heterocycles. The maximum Gasteiger partial charge on any atom is 0.269 e. The van der Waals surface area contributed by atoms with Crippen LogP contribution >= 0.6 is 23.4 Å². The average Bonchev–Trinajstić information content (AvgIpc) is 2.61. The van der Waals surface area contributed by atoms with Gasteiger partial charge in [0.05, 0.1) is 11.5 Å². The molecule has 8 heteroatoms. The van der Waals surface area contributed by atoms with Crippen molar-refractivity contribution in [2.45, 2.75) is 0 Å². The van der Waals surface area contributed by atoms with Crippen LogP contribution in [0, 0.1) is 0 Å². The van der Waals surface area contributed by atoms with Crippen molar-refractivity contribution in [1.29, 1.82) is 0 Å². The minimum absolute atomic E-state index is 0.0447. The number of halogens is 1. The molecule has 130 valence electrons. The van der Waals surface area contributed by atoms with Crippen LogP contribution in [-0.4, -0.2) is 29.2 Å². The highest BCUT2D eigenvalue weighted by Crippen LogP contribution is 2.09. The first-order valence-electron chi connectivity index (χ1n) is 7.32. The van der Waals surface area contributed by atoms with Gasteiger partial charge in [-0.2, -0.15) is 0 Å². The molecule has 0 unspecified atom stereocenters. The fourth-order valence-electron chi connectivity index (χ4n) is 1.79. The van der Waals surface area contributed by atoms with Crippen molar-refractivity contribution in [2.75, 3.05) is 16.8 Å². The van der Waals surface area contributed by atoms with Crippen molar-refractivity contribution in [1.82, 2.24) is 10.9 Å². The molecule has 0 radical (unpaired) electrons. The van der Waals surface area contributed by atoms with E-state index in [0.29, 0.717) is 16.3 Å². The summed E-state index contributed by atoms with van der Waals surface area (Å²) in [5, 5.41) is 3.24. The smallest absolute Gasteiger partial charge is 0.269 e. The maximum absolute atomic E-state index is 11.8. The van der Waals surface area contributed by atoms with E-state index in [9.17, 15) is 14.4 Å². The van der Waals surface area contributed by atoms with E-state index in [2.05, 4.69) is 16.2 Å². The molecule has 2 rings (SSSR count). The van der Waals surface area contributed by atoms with E-state index >= 15 is 0 Å².